The van der Waals surface area contributed by atoms with Crippen molar-refractivity contribution in [1.29, 1.82) is 0 Å². The van der Waals surface area contributed by atoms with E-state index in [1.54, 1.807) is 0 Å². The molecule has 0 bridgehead atoms. The highest BCUT2D eigenvalue weighted by atomic mass is 79.9. The van der Waals surface area contributed by atoms with Crippen molar-refractivity contribution in [3.05, 3.63) is 94.5 Å². The summed E-state index contributed by atoms with van der Waals surface area (Å²) in [5, 5.41) is 17.9. The van der Waals surface area contributed by atoms with Gasteiger partial charge in [-0.2, -0.15) is 0 Å². The van der Waals surface area contributed by atoms with Crippen molar-refractivity contribution >= 4 is 104 Å². The van der Waals surface area contributed by atoms with Gasteiger partial charge in [-0.05, 0) is 80.8 Å². The molecule has 0 aromatic heterocycles. The van der Waals surface area contributed by atoms with Crippen LogP contribution < -0.4 is 0 Å². The quantitative estimate of drug-likeness (QED) is 0.0789. The fraction of sp³-hybridized carbons (Fsp3) is 0. The normalized spacial score (nSPS) is 10.8. The Labute approximate surface area is 220 Å². The molecular formula is C32H17BrS2+2. The minimum absolute atomic E-state index is 1.01. The Morgan fingerprint density at radius 1 is 0.514 bits per heavy atom. The summed E-state index contributed by atoms with van der Waals surface area (Å²) < 4.78 is 1.05. The van der Waals surface area contributed by atoms with Gasteiger partial charge >= 0.3 is 0 Å². The van der Waals surface area contributed by atoms with Crippen molar-refractivity contribution in [2.75, 3.05) is 0 Å². The van der Waals surface area contributed by atoms with Gasteiger partial charge < -0.3 is 0 Å². The minimum atomic E-state index is 1.01. The second kappa shape index (κ2) is 8.88. The molecule has 0 nitrogen and oxygen atoms in total. The van der Waals surface area contributed by atoms with Crippen LogP contribution >= 0.6 is 15.9 Å². The summed E-state index contributed by atoms with van der Waals surface area (Å²) in [5.41, 5.74) is 2.02. The lowest BCUT2D eigenvalue weighted by Crippen LogP contribution is -1.92. The first-order valence-corrected chi connectivity index (χ1v) is 13.7. The highest BCUT2D eigenvalue weighted by Crippen LogP contribution is 2.38. The van der Waals surface area contributed by atoms with Crippen molar-refractivity contribution in [3.8, 4) is 22.3 Å². The van der Waals surface area contributed by atoms with Gasteiger partial charge in [0.2, 0.25) is 10.5 Å². The van der Waals surface area contributed by atoms with Crippen LogP contribution in [0.4, 0.5) is 0 Å². The molecule has 0 spiro atoms. The van der Waals surface area contributed by atoms with Gasteiger partial charge in [-0.25, -0.2) is 0 Å². The van der Waals surface area contributed by atoms with E-state index in [4.69, 9.17) is 0 Å². The largest absolute Gasteiger partial charge is 0.272 e. The van der Waals surface area contributed by atoms with Gasteiger partial charge in [-0.1, -0.05) is 46.3 Å². The molecule has 6 aromatic carbocycles. The van der Waals surface area contributed by atoms with Crippen LogP contribution in [0.3, 0.4) is 0 Å². The Balaban J connectivity index is 1.87. The maximum absolute atomic E-state index is 3.87. The number of fused-ring (bicyclic) bond motifs is 5. The number of benzene rings is 6. The van der Waals surface area contributed by atoms with E-state index < -0.39 is 0 Å². The first kappa shape index (κ1) is 21.9. The highest BCUT2D eigenvalue weighted by Gasteiger charge is 2.16. The maximum atomic E-state index is 3.87. The number of halogens is 1. The molecule has 35 heavy (non-hydrogen) atoms. The summed E-state index contributed by atoms with van der Waals surface area (Å²) in [4.78, 5) is 0. The fourth-order valence-electron chi connectivity index (χ4n) is 4.82. The van der Waals surface area contributed by atoms with Crippen LogP contribution in [-0.2, 0) is 22.7 Å². The predicted molar refractivity (Wildman–Crippen MR) is 164 cm³/mol. The summed E-state index contributed by atoms with van der Waals surface area (Å²) in [6, 6.07) is 28.4. The van der Waals surface area contributed by atoms with Crippen LogP contribution in [-0.4, -0.2) is 11.7 Å². The number of hydrogen-bond acceptors (Lipinski definition) is 0. The molecule has 6 rings (SSSR count). The Kier molecular flexibility index (Phi) is 5.56. The van der Waals surface area contributed by atoms with E-state index in [2.05, 4.69) is 129 Å². The Bertz CT molecular complexity index is 2010. The molecule has 0 radical (unpaired) electrons. The van der Waals surface area contributed by atoms with Crippen molar-refractivity contribution in [2.24, 2.45) is 0 Å². The van der Waals surface area contributed by atoms with Gasteiger partial charge in [0.1, 0.15) is 0 Å². The van der Waals surface area contributed by atoms with Crippen LogP contribution in [0.15, 0.2) is 83.3 Å². The maximum Gasteiger partial charge on any atom is 0.272 e. The van der Waals surface area contributed by atoms with Crippen molar-refractivity contribution in [3.63, 3.8) is 0 Å². The molecule has 0 saturated heterocycles. The summed E-state index contributed by atoms with van der Waals surface area (Å²) in [5.74, 6) is 14.6. The topological polar surface area (TPSA) is 0 Å². The number of hydrogen-bond donors (Lipinski definition) is 0. The lowest BCUT2D eigenvalue weighted by molar-refractivity contribution is 1.71. The molecule has 0 atom stereocenters. The van der Waals surface area contributed by atoms with Crippen LogP contribution in [0, 0.1) is 22.3 Å². The standard InChI is InChI=1S/C32H17BrS2/c1-34-11-9-27-29-16-22-7-8-26(33)15-25(22)19-32(29)28(10-12-35-2)31-18-24-14-21-6-4-3-5-20(21)13-23(24)17-30(27)31/h3-8,13-19H,1-2H2/q+2. The third kappa shape index (κ3) is 3.79. The molecule has 0 aliphatic carbocycles. The van der Waals surface area contributed by atoms with Gasteiger partial charge in [0.15, 0.2) is 11.7 Å². The molecule has 0 saturated carbocycles. The van der Waals surface area contributed by atoms with Crippen molar-refractivity contribution in [1.82, 2.24) is 0 Å². The monoisotopic (exact) mass is 544 g/mol. The molecule has 3 heteroatoms. The zero-order valence-electron chi connectivity index (χ0n) is 18.6. The van der Waals surface area contributed by atoms with Crippen molar-refractivity contribution < 1.29 is 0 Å². The first-order chi connectivity index (χ1) is 17.2. The fourth-order valence-corrected chi connectivity index (χ4v) is 5.55. The van der Waals surface area contributed by atoms with Gasteiger partial charge in [0, 0.05) is 49.0 Å². The van der Waals surface area contributed by atoms with E-state index >= 15 is 0 Å². The molecule has 6 aromatic rings. The number of rotatable bonds is 0. The molecular weight excluding hydrogens is 528 g/mol. The smallest absolute Gasteiger partial charge is 0.0616 e. The van der Waals surface area contributed by atoms with E-state index in [-0.39, 0.29) is 0 Å². The molecule has 0 unspecified atom stereocenters. The van der Waals surface area contributed by atoms with E-state index in [0.29, 0.717) is 0 Å². The van der Waals surface area contributed by atoms with E-state index in [1.807, 2.05) is 0 Å². The summed E-state index contributed by atoms with van der Waals surface area (Å²) in [7, 11) is 0. The average molecular weight is 546 g/mol. The first-order valence-electron chi connectivity index (χ1n) is 11.0. The highest BCUT2D eigenvalue weighted by molar-refractivity contribution is 9.10. The second-order valence-corrected chi connectivity index (χ2v) is 10.2. The van der Waals surface area contributed by atoms with Crippen LogP contribution in [0.5, 0.6) is 0 Å². The molecule has 162 valence electrons. The molecule has 0 fully saturated rings. The molecule has 0 N–H and O–H groups in total. The SMILES string of the molecule is C=[S+]C#Cc1c2cc3ccc(Br)cc3cc2c(C#C[S+]=C)c2cc3cc4ccccc4cc3cc12. The molecule has 0 amide bonds. The Hall–Kier alpha value is -3.60. The minimum Gasteiger partial charge on any atom is -0.0616 e. The summed E-state index contributed by atoms with van der Waals surface area (Å²) in [6.07, 6.45) is 0. The molecule has 0 aliphatic rings. The van der Waals surface area contributed by atoms with E-state index in [0.717, 1.165) is 42.5 Å². The van der Waals surface area contributed by atoms with Crippen molar-refractivity contribution in [2.45, 2.75) is 0 Å². The summed E-state index contributed by atoms with van der Waals surface area (Å²) >= 11 is 6.19. The third-order valence-corrected chi connectivity index (χ3v) is 7.34. The van der Waals surface area contributed by atoms with Gasteiger partial charge in [-0.15, -0.1) is 0 Å². The Morgan fingerprint density at radius 2 is 0.943 bits per heavy atom. The summed E-state index contributed by atoms with van der Waals surface area (Å²) in [6.45, 7) is 0. The van der Waals surface area contributed by atoms with E-state index in [9.17, 15) is 0 Å². The lowest BCUT2D eigenvalue weighted by atomic mass is 9.88. The molecule has 0 heterocycles. The second-order valence-electron chi connectivity index (χ2n) is 8.33. The van der Waals surface area contributed by atoms with E-state index in [1.165, 1.54) is 49.6 Å². The van der Waals surface area contributed by atoms with Gasteiger partial charge in [0.25, 0.3) is 22.7 Å². The van der Waals surface area contributed by atoms with Crippen LogP contribution in [0.2, 0.25) is 0 Å². The molecule has 0 aliphatic heterocycles. The third-order valence-electron chi connectivity index (χ3n) is 6.35. The average Bonchev–Trinajstić information content (AvgIpc) is 2.87. The zero-order chi connectivity index (χ0) is 23.9. The predicted octanol–water partition coefficient (Wildman–Crippen LogP) is 7.86. The van der Waals surface area contributed by atoms with Gasteiger partial charge in [-0.3, -0.25) is 0 Å². The van der Waals surface area contributed by atoms with Gasteiger partial charge in [0.05, 0.1) is 0 Å². The Morgan fingerprint density at radius 3 is 1.43 bits per heavy atom. The zero-order valence-corrected chi connectivity index (χ0v) is 21.8. The van der Waals surface area contributed by atoms with Crippen LogP contribution in [0.1, 0.15) is 11.1 Å². The lowest BCUT2D eigenvalue weighted by Gasteiger charge is -2.13. The van der Waals surface area contributed by atoms with Crippen LogP contribution in [0.25, 0.3) is 53.9 Å².